The molecule has 0 fully saturated rings. The number of fused-ring (bicyclic) bond motifs is 1. The summed E-state index contributed by atoms with van der Waals surface area (Å²) in [6, 6.07) is 21.2. The highest BCUT2D eigenvalue weighted by Crippen LogP contribution is 2.32. The number of hydrogen-bond donors (Lipinski definition) is 2. The second kappa shape index (κ2) is 10.0. The molecule has 0 aliphatic rings. The van der Waals surface area contributed by atoms with Crippen molar-refractivity contribution in [2.24, 2.45) is 0 Å². The van der Waals surface area contributed by atoms with Crippen molar-refractivity contribution >= 4 is 34.3 Å². The molecule has 0 spiro atoms. The smallest absolute Gasteiger partial charge is 0.234 e. The van der Waals surface area contributed by atoms with Gasteiger partial charge < -0.3 is 15.0 Å². The van der Waals surface area contributed by atoms with E-state index in [4.69, 9.17) is 4.74 Å². The molecule has 35 heavy (non-hydrogen) atoms. The van der Waals surface area contributed by atoms with Crippen LogP contribution in [0.15, 0.2) is 84.1 Å². The summed E-state index contributed by atoms with van der Waals surface area (Å²) in [5.41, 5.74) is 3.22. The van der Waals surface area contributed by atoms with Crippen molar-refractivity contribution in [1.29, 1.82) is 0 Å². The second-order valence-electron chi connectivity index (χ2n) is 7.66. The lowest BCUT2D eigenvalue weighted by molar-refractivity contribution is -0.113. The van der Waals surface area contributed by atoms with Gasteiger partial charge in [0.25, 0.3) is 0 Å². The predicted octanol–water partition coefficient (Wildman–Crippen LogP) is 5.68. The van der Waals surface area contributed by atoms with Crippen LogP contribution < -0.4 is 10.1 Å². The molecule has 2 heterocycles. The van der Waals surface area contributed by atoms with Crippen molar-refractivity contribution in [3.05, 3.63) is 84.8 Å². The first-order chi connectivity index (χ1) is 17.1. The number of para-hydroxylation sites is 1. The number of hydrogen-bond acceptors (Lipinski definition) is 5. The van der Waals surface area contributed by atoms with Gasteiger partial charge in [0.2, 0.25) is 5.91 Å². The Bertz CT molecular complexity index is 1460. The van der Waals surface area contributed by atoms with Crippen molar-refractivity contribution in [2.75, 3.05) is 17.7 Å². The molecule has 5 rings (SSSR count). The van der Waals surface area contributed by atoms with E-state index in [9.17, 15) is 9.18 Å². The third-order valence-electron chi connectivity index (χ3n) is 5.33. The maximum absolute atomic E-state index is 13.6. The molecule has 0 saturated heterocycles. The molecule has 0 bridgehead atoms. The Balaban J connectivity index is 1.41. The Morgan fingerprint density at radius 2 is 1.83 bits per heavy atom. The number of nitrogens with one attached hydrogen (secondary N) is 2. The zero-order valence-corrected chi connectivity index (χ0v) is 19.7. The quantitative estimate of drug-likeness (QED) is 0.275. The lowest BCUT2D eigenvalue weighted by atomic mass is 10.1. The number of anilines is 1. The van der Waals surface area contributed by atoms with E-state index in [1.54, 1.807) is 24.3 Å². The van der Waals surface area contributed by atoms with Crippen molar-refractivity contribution in [1.82, 2.24) is 19.7 Å². The van der Waals surface area contributed by atoms with Crippen molar-refractivity contribution in [3.63, 3.8) is 0 Å². The maximum atomic E-state index is 13.6. The molecule has 3 aromatic carbocycles. The van der Waals surface area contributed by atoms with Crippen LogP contribution in [0.4, 0.5) is 10.1 Å². The number of carbonyl (C=O) groups is 1. The SMILES string of the molecule is CCOc1ccc(NC(=O)CSc2nnc(-c3c[nH]c4ccccc34)n2-c2ccc(F)cc2)cc1. The zero-order valence-electron chi connectivity index (χ0n) is 18.9. The summed E-state index contributed by atoms with van der Waals surface area (Å²) in [6.07, 6.45) is 1.88. The predicted molar refractivity (Wildman–Crippen MR) is 136 cm³/mol. The van der Waals surface area contributed by atoms with E-state index < -0.39 is 0 Å². The van der Waals surface area contributed by atoms with Crippen LogP contribution in [-0.2, 0) is 4.79 Å². The van der Waals surface area contributed by atoms with Gasteiger partial charge in [0.05, 0.1) is 12.4 Å². The highest BCUT2D eigenvalue weighted by Gasteiger charge is 2.20. The number of amides is 1. The van der Waals surface area contributed by atoms with Crippen LogP contribution in [0.5, 0.6) is 5.75 Å². The minimum absolute atomic E-state index is 0.125. The fraction of sp³-hybridized carbons (Fsp3) is 0.115. The van der Waals surface area contributed by atoms with Crippen LogP contribution in [0.3, 0.4) is 0 Å². The van der Waals surface area contributed by atoms with Gasteiger partial charge in [-0.25, -0.2) is 4.39 Å². The van der Waals surface area contributed by atoms with Crippen LogP contribution in [0, 0.1) is 5.82 Å². The molecular formula is C26H22FN5O2S. The first-order valence-electron chi connectivity index (χ1n) is 11.1. The lowest BCUT2D eigenvalue weighted by Gasteiger charge is -2.10. The highest BCUT2D eigenvalue weighted by atomic mass is 32.2. The molecule has 2 N–H and O–H groups in total. The van der Waals surface area contributed by atoms with E-state index in [1.165, 1.54) is 23.9 Å². The van der Waals surface area contributed by atoms with Crippen LogP contribution >= 0.6 is 11.8 Å². The minimum Gasteiger partial charge on any atom is -0.494 e. The van der Waals surface area contributed by atoms with Gasteiger partial charge in [0.1, 0.15) is 11.6 Å². The van der Waals surface area contributed by atoms with Crippen molar-refractivity contribution in [2.45, 2.75) is 12.1 Å². The average Bonchev–Trinajstić information content (AvgIpc) is 3.49. The van der Waals surface area contributed by atoms with E-state index in [0.717, 1.165) is 22.2 Å². The first-order valence-corrected chi connectivity index (χ1v) is 12.0. The standard InChI is InChI=1S/C26H22FN5O2S/c1-2-34-20-13-9-18(10-14-20)29-24(33)16-35-26-31-30-25(32(26)19-11-7-17(27)8-12-19)22-15-28-23-6-4-3-5-21(22)23/h3-15,28H,2,16H2,1H3,(H,29,33). The third-order valence-corrected chi connectivity index (χ3v) is 6.26. The Hall–Kier alpha value is -4.11. The zero-order chi connectivity index (χ0) is 24.2. The van der Waals surface area contributed by atoms with Gasteiger partial charge in [0, 0.05) is 34.0 Å². The summed E-state index contributed by atoms with van der Waals surface area (Å²) in [7, 11) is 0. The number of aromatic nitrogens is 4. The highest BCUT2D eigenvalue weighted by molar-refractivity contribution is 7.99. The summed E-state index contributed by atoms with van der Waals surface area (Å²) in [5.74, 6) is 0.960. The van der Waals surface area contributed by atoms with E-state index >= 15 is 0 Å². The third kappa shape index (κ3) is 4.90. The number of rotatable bonds is 8. The summed E-state index contributed by atoms with van der Waals surface area (Å²) < 4.78 is 20.9. The topological polar surface area (TPSA) is 84.8 Å². The molecule has 9 heteroatoms. The number of carbonyl (C=O) groups excluding carboxylic acids is 1. The molecule has 0 aliphatic carbocycles. The molecule has 0 aliphatic heterocycles. The van der Waals surface area contributed by atoms with Gasteiger partial charge in [0.15, 0.2) is 11.0 Å². The number of halogens is 1. The monoisotopic (exact) mass is 487 g/mol. The number of thioether (sulfide) groups is 1. The lowest BCUT2D eigenvalue weighted by Crippen LogP contribution is -2.14. The maximum Gasteiger partial charge on any atom is 0.234 e. The van der Waals surface area contributed by atoms with Crippen LogP contribution in [0.2, 0.25) is 0 Å². The fourth-order valence-electron chi connectivity index (χ4n) is 3.75. The Kier molecular flexibility index (Phi) is 6.49. The molecule has 176 valence electrons. The van der Waals surface area contributed by atoms with Crippen molar-refractivity contribution in [3.8, 4) is 22.8 Å². The minimum atomic E-state index is -0.334. The average molecular weight is 488 g/mol. The molecule has 0 saturated carbocycles. The number of aromatic amines is 1. The van der Waals surface area contributed by atoms with Crippen molar-refractivity contribution < 1.29 is 13.9 Å². The Morgan fingerprint density at radius 3 is 2.60 bits per heavy atom. The van der Waals surface area contributed by atoms with Gasteiger partial charge in [-0.1, -0.05) is 30.0 Å². The van der Waals surface area contributed by atoms with Gasteiger partial charge in [-0.2, -0.15) is 0 Å². The summed E-state index contributed by atoms with van der Waals surface area (Å²) in [6.45, 7) is 2.50. The molecule has 0 unspecified atom stereocenters. The van der Waals surface area contributed by atoms with Crippen LogP contribution in [0.1, 0.15) is 6.92 Å². The van der Waals surface area contributed by atoms with Crippen LogP contribution in [-0.4, -0.2) is 38.0 Å². The van der Waals surface area contributed by atoms with E-state index in [0.29, 0.717) is 29.0 Å². The van der Waals surface area contributed by atoms with E-state index in [-0.39, 0.29) is 17.5 Å². The van der Waals surface area contributed by atoms with Gasteiger partial charge in [-0.05, 0) is 61.5 Å². The number of H-pyrrole nitrogens is 1. The normalized spacial score (nSPS) is 11.0. The van der Waals surface area contributed by atoms with E-state index in [1.807, 2.05) is 54.1 Å². The summed E-state index contributed by atoms with van der Waals surface area (Å²) in [5, 5.41) is 13.2. The fourth-order valence-corrected chi connectivity index (χ4v) is 4.50. The Morgan fingerprint density at radius 1 is 1.06 bits per heavy atom. The molecule has 0 radical (unpaired) electrons. The molecule has 5 aromatic rings. The molecule has 0 atom stereocenters. The number of benzene rings is 3. The first kappa shape index (κ1) is 22.7. The summed E-state index contributed by atoms with van der Waals surface area (Å²) in [4.78, 5) is 15.9. The van der Waals surface area contributed by atoms with Gasteiger partial charge in [-0.15, -0.1) is 10.2 Å². The van der Waals surface area contributed by atoms with Gasteiger partial charge in [-0.3, -0.25) is 9.36 Å². The number of ether oxygens (including phenoxy) is 1. The van der Waals surface area contributed by atoms with E-state index in [2.05, 4.69) is 20.5 Å². The van der Waals surface area contributed by atoms with Crippen LogP contribution in [0.25, 0.3) is 28.0 Å². The largest absolute Gasteiger partial charge is 0.494 e. The summed E-state index contributed by atoms with van der Waals surface area (Å²) >= 11 is 1.26. The number of nitrogens with zero attached hydrogens (tertiary/aromatic N) is 3. The molecular weight excluding hydrogens is 465 g/mol. The second-order valence-corrected chi connectivity index (χ2v) is 8.60. The molecule has 1 amide bonds. The van der Waals surface area contributed by atoms with Gasteiger partial charge >= 0.3 is 0 Å². The Labute approximate surface area is 205 Å². The molecule has 7 nitrogen and oxygen atoms in total. The molecule has 2 aromatic heterocycles.